The van der Waals surface area contributed by atoms with E-state index in [0.29, 0.717) is 27.9 Å². The maximum Gasteiger partial charge on any atom is 0.244 e. The molecule has 0 saturated carbocycles. The van der Waals surface area contributed by atoms with Gasteiger partial charge >= 0.3 is 0 Å². The summed E-state index contributed by atoms with van der Waals surface area (Å²) >= 11 is 6.07. The standard InChI is InChI=1S/C19H21ClN2O4/c1-12-5-6-14(9-16(12)20)21-19(24)11-22(13(2)23)15-7-8-17(25-3)18(10-15)26-4/h5-10H,11H2,1-4H3,(H,21,24). The third-order valence-electron chi connectivity index (χ3n) is 3.82. The van der Waals surface area contributed by atoms with Crippen LogP contribution in [0.4, 0.5) is 11.4 Å². The van der Waals surface area contributed by atoms with Gasteiger partial charge in [-0.05, 0) is 36.8 Å². The second kappa shape index (κ2) is 8.58. The summed E-state index contributed by atoms with van der Waals surface area (Å²) in [7, 11) is 3.04. The first-order chi connectivity index (χ1) is 12.3. The monoisotopic (exact) mass is 376 g/mol. The van der Waals surface area contributed by atoms with Gasteiger partial charge in [-0.3, -0.25) is 9.59 Å². The Morgan fingerprint density at radius 3 is 2.35 bits per heavy atom. The molecule has 0 saturated heterocycles. The number of benzene rings is 2. The van der Waals surface area contributed by atoms with Gasteiger partial charge in [-0.25, -0.2) is 0 Å². The van der Waals surface area contributed by atoms with Crippen molar-refractivity contribution >= 4 is 34.8 Å². The lowest BCUT2D eigenvalue weighted by atomic mass is 10.2. The normalized spacial score (nSPS) is 10.2. The van der Waals surface area contributed by atoms with Crippen LogP contribution in [0.5, 0.6) is 11.5 Å². The second-order valence-corrected chi connectivity index (χ2v) is 6.06. The highest BCUT2D eigenvalue weighted by Crippen LogP contribution is 2.31. The van der Waals surface area contributed by atoms with Crippen molar-refractivity contribution < 1.29 is 19.1 Å². The van der Waals surface area contributed by atoms with E-state index in [-0.39, 0.29) is 18.4 Å². The molecule has 2 amide bonds. The van der Waals surface area contributed by atoms with E-state index in [4.69, 9.17) is 21.1 Å². The molecule has 0 heterocycles. The van der Waals surface area contributed by atoms with Gasteiger partial charge in [0.05, 0.1) is 14.2 Å². The molecule has 2 aromatic rings. The Morgan fingerprint density at radius 1 is 1.08 bits per heavy atom. The number of methoxy groups -OCH3 is 2. The van der Waals surface area contributed by atoms with Crippen molar-refractivity contribution in [1.29, 1.82) is 0 Å². The fraction of sp³-hybridized carbons (Fsp3) is 0.263. The minimum absolute atomic E-state index is 0.143. The molecule has 138 valence electrons. The molecule has 26 heavy (non-hydrogen) atoms. The van der Waals surface area contributed by atoms with E-state index in [1.54, 1.807) is 30.3 Å². The van der Waals surface area contributed by atoms with E-state index in [1.165, 1.54) is 26.0 Å². The summed E-state index contributed by atoms with van der Waals surface area (Å²) < 4.78 is 10.4. The van der Waals surface area contributed by atoms with Crippen molar-refractivity contribution in [1.82, 2.24) is 0 Å². The molecule has 0 unspecified atom stereocenters. The highest BCUT2D eigenvalue weighted by atomic mass is 35.5. The van der Waals surface area contributed by atoms with Gasteiger partial charge in [0.25, 0.3) is 0 Å². The molecule has 0 aliphatic carbocycles. The molecule has 0 bridgehead atoms. The zero-order chi connectivity index (χ0) is 19.3. The van der Waals surface area contributed by atoms with Gasteiger partial charge in [0.15, 0.2) is 11.5 Å². The number of ether oxygens (including phenoxy) is 2. The van der Waals surface area contributed by atoms with E-state index in [1.807, 2.05) is 13.0 Å². The van der Waals surface area contributed by atoms with Crippen molar-refractivity contribution in [2.24, 2.45) is 0 Å². The first-order valence-corrected chi connectivity index (χ1v) is 8.29. The number of carbonyl (C=O) groups excluding carboxylic acids is 2. The first-order valence-electron chi connectivity index (χ1n) is 7.92. The number of rotatable bonds is 6. The second-order valence-electron chi connectivity index (χ2n) is 5.66. The Hall–Kier alpha value is -2.73. The predicted molar refractivity (Wildman–Crippen MR) is 102 cm³/mol. The van der Waals surface area contributed by atoms with Crippen LogP contribution in [0.25, 0.3) is 0 Å². The number of carbonyl (C=O) groups is 2. The van der Waals surface area contributed by atoms with Crippen LogP contribution in [0.15, 0.2) is 36.4 Å². The summed E-state index contributed by atoms with van der Waals surface area (Å²) in [5.41, 5.74) is 2.02. The fourth-order valence-corrected chi connectivity index (χ4v) is 2.57. The van der Waals surface area contributed by atoms with E-state index in [9.17, 15) is 9.59 Å². The smallest absolute Gasteiger partial charge is 0.244 e. The van der Waals surface area contributed by atoms with Gasteiger partial charge in [0, 0.05) is 29.4 Å². The van der Waals surface area contributed by atoms with Crippen LogP contribution in [0.1, 0.15) is 12.5 Å². The van der Waals surface area contributed by atoms with E-state index < -0.39 is 0 Å². The van der Waals surface area contributed by atoms with Crippen molar-refractivity contribution in [3.8, 4) is 11.5 Å². The third-order valence-corrected chi connectivity index (χ3v) is 4.22. The molecule has 0 aliphatic rings. The van der Waals surface area contributed by atoms with Crippen molar-refractivity contribution in [3.63, 3.8) is 0 Å². The fourth-order valence-electron chi connectivity index (χ4n) is 2.39. The molecule has 0 aliphatic heterocycles. The number of nitrogens with one attached hydrogen (secondary N) is 1. The van der Waals surface area contributed by atoms with Gasteiger partial charge in [-0.15, -0.1) is 0 Å². The average Bonchev–Trinajstić information content (AvgIpc) is 2.62. The Kier molecular flexibility index (Phi) is 6.46. The molecule has 6 nitrogen and oxygen atoms in total. The molecule has 2 rings (SSSR count). The minimum Gasteiger partial charge on any atom is -0.493 e. The van der Waals surface area contributed by atoms with E-state index in [2.05, 4.69) is 5.32 Å². The molecule has 2 aromatic carbocycles. The quantitative estimate of drug-likeness (QED) is 0.835. The molecular formula is C19H21ClN2O4. The highest BCUT2D eigenvalue weighted by Gasteiger charge is 2.18. The predicted octanol–water partition coefficient (Wildman–Crippen LogP) is 3.66. The number of amides is 2. The highest BCUT2D eigenvalue weighted by molar-refractivity contribution is 6.31. The number of halogens is 1. The number of nitrogens with zero attached hydrogens (tertiary/aromatic N) is 1. The van der Waals surface area contributed by atoms with Gasteiger partial charge < -0.3 is 19.7 Å². The van der Waals surface area contributed by atoms with Crippen LogP contribution in [-0.4, -0.2) is 32.6 Å². The number of hydrogen-bond donors (Lipinski definition) is 1. The molecule has 0 spiro atoms. The Balaban J connectivity index is 2.18. The molecule has 0 atom stereocenters. The number of hydrogen-bond acceptors (Lipinski definition) is 4. The zero-order valence-corrected chi connectivity index (χ0v) is 15.9. The molecule has 0 fully saturated rings. The van der Waals surface area contributed by atoms with Crippen LogP contribution in [0.3, 0.4) is 0 Å². The van der Waals surface area contributed by atoms with Crippen molar-refractivity contribution in [3.05, 3.63) is 47.0 Å². The lowest BCUT2D eigenvalue weighted by Gasteiger charge is -2.22. The Labute approximate surface area is 157 Å². The maximum atomic E-state index is 12.4. The van der Waals surface area contributed by atoms with Crippen LogP contribution in [-0.2, 0) is 9.59 Å². The van der Waals surface area contributed by atoms with Crippen LogP contribution in [0, 0.1) is 6.92 Å². The van der Waals surface area contributed by atoms with E-state index >= 15 is 0 Å². The molecule has 0 radical (unpaired) electrons. The Morgan fingerprint density at radius 2 is 1.77 bits per heavy atom. The molecular weight excluding hydrogens is 356 g/mol. The third kappa shape index (κ3) is 4.67. The van der Waals surface area contributed by atoms with Crippen LogP contribution >= 0.6 is 11.6 Å². The van der Waals surface area contributed by atoms with Crippen molar-refractivity contribution in [2.75, 3.05) is 31.0 Å². The maximum absolute atomic E-state index is 12.4. The van der Waals surface area contributed by atoms with Gasteiger partial charge in [0.2, 0.25) is 11.8 Å². The average molecular weight is 377 g/mol. The minimum atomic E-state index is -0.338. The van der Waals surface area contributed by atoms with Gasteiger partial charge in [0.1, 0.15) is 6.54 Å². The zero-order valence-electron chi connectivity index (χ0n) is 15.1. The van der Waals surface area contributed by atoms with Crippen LogP contribution in [0.2, 0.25) is 5.02 Å². The largest absolute Gasteiger partial charge is 0.493 e. The van der Waals surface area contributed by atoms with Crippen molar-refractivity contribution in [2.45, 2.75) is 13.8 Å². The number of anilines is 2. The lowest BCUT2D eigenvalue weighted by molar-refractivity contribution is -0.120. The van der Waals surface area contributed by atoms with Gasteiger partial charge in [-0.1, -0.05) is 17.7 Å². The lowest BCUT2D eigenvalue weighted by Crippen LogP contribution is -2.36. The van der Waals surface area contributed by atoms with E-state index in [0.717, 1.165) is 5.56 Å². The summed E-state index contributed by atoms with van der Waals surface area (Å²) in [4.78, 5) is 25.8. The SMILES string of the molecule is COc1ccc(N(CC(=O)Nc2ccc(C)c(Cl)c2)C(C)=O)cc1OC. The number of aryl methyl sites for hydroxylation is 1. The molecule has 0 aromatic heterocycles. The summed E-state index contributed by atoms with van der Waals surface area (Å²) in [6, 6.07) is 10.3. The van der Waals surface area contributed by atoms with Crippen LogP contribution < -0.4 is 19.7 Å². The summed E-state index contributed by atoms with van der Waals surface area (Å²) in [5.74, 6) is 0.407. The summed E-state index contributed by atoms with van der Waals surface area (Å²) in [6.45, 7) is 3.13. The Bertz CT molecular complexity index is 823. The topological polar surface area (TPSA) is 67.9 Å². The summed E-state index contributed by atoms with van der Waals surface area (Å²) in [6.07, 6.45) is 0. The summed E-state index contributed by atoms with van der Waals surface area (Å²) in [5, 5.41) is 3.30. The van der Waals surface area contributed by atoms with Gasteiger partial charge in [-0.2, -0.15) is 0 Å². The first kappa shape index (κ1) is 19.6. The molecule has 1 N–H and O–H groups in total. The molecule has 7 heteroatoms.